The van der Waals surface area contributed by atoms with Crippen LogP contribution in [-0.2, 0) is 0 Å². The maximum Gasteiger partial charge on any atom is 0.123 e. The zero-order chi connectivity index (χ0) is 15.1. The molecule has 0 bridgehead atoms. The zero-order valence-electron chi connectivity index (χ0n) is 13.0. The van der Waals surface area contributed by atoms with Crippen LogP contribution in [0.15, 0.2) is 42.5 Å². The average Bonchev–Trinajstić information content (AvgIpc) is 2.52. The smallest absolute Gasteiger partial charge is 0.123 e. The number of rotatable bonds is 6. The largest absolute Gasteiger partial charge is 0.317 e. The predicted octanol–water partition coefficient (Wildman–Crippen LogP) is 4.96. The SMILES string of the molecule is C=C(C/C=C(\C)CCC1CCNCC1)c1ccc(F)cc1. The van der Waals surface area contributed by atoms with Crippen LogP contribution in [0.25, 0.3) is 5.57 Å². The molecule has 0 saturated carbocycles. The van der Waals surface area contributed by atoms with Crippen molar-refractivity contribution in [1.29, 1.82) is 0 Å². The molecule has 114 valence electrons. The van der Waals surface area contributed by atoms with E-state index in [9.17, 15) is 4.39 Å². The fourth-order valence-electron chi connectivity index (χ4n) is 2.81. The highest BCUT2D eigenvalue weighted by Crippen LogP contribution is 2.22. The molecule has 1 heterocycles. The molecule has 0 amide bonds. The molecule has 0 aromatic heterocycles. The maximum absolute atomic E-state index is 12.9. The van der Waals surface area contributed by atoms with Gasteiger partial charge >= 0.3 is 0 Å². The molecule has 1 N–H and O–H groups in total. The number of nitrogens with one attached hydrogen (secondary N) is 1. The second kappa shape index (κ2) is 8.14. The summed E-state index contributed by atoms with van der Waals surface area (Å²) < 4.78 is 12.9. The van der Waals surface area contributed by atoms with Crippen molar-refractivity contribution in [2.45, 2.75) is 39.0 Å². The third kappa shape index (κ3) is 5.47. The van der Waals surface area contributed by atoms with Gasteiger partial charge in [-0.2, -0.15) is 0 Å². The van der Waals surface area contributed by atoms with Gasteiger partial charge < -0.3 is 5.32 Å². The lowest BCUT2D eigenvalue weighted by Crippen LogP contribution is -2.27. The highest BCUT2D eigenvalue weighted by atomic mass is 19.1. The molecule has 0 spiro atoms. The van der Waals surface area contributed by atoms with Gasteiger partial charge in [-0.05, 0) is 81.3 Å². The molecule has 21 heavy (non-hydrogen) atoms. The minimum Gasteiger partial charge on any atom is -0.317 e. The molecule has 0 atom stereocenters. The maximum atomic E-state index is 12.9. The van der Waals surface area contributed by atoms with E-state index in [1.807, 2.05) is 0 Å². The van der Waals surface area contributed by atoms with Gasteiger partial charge in [-0.1, -0.05) is 30.4 Å². The van der Waals surface area contributed by atoms with E-state index in [0.717, 1.165) is 23.5 Å². The zero-order valence-corrected chi connectivity index (χ0v) is 13.0. The van der Waals surface area contributed by atoms with E-state index in [-0.39, 0.29) is 5.82 Å². The van der Waals surface area contributed by atoms with Gasteiger partial charge in [-0.3, -0.25) is 0 Å². The van der Waals surface area contributed by atoms with Crippen molar-refractivity contribution in [1.82, 2.24) is 5.32 Å². The van der Waals surface area contributed by atoms with Crippen molar-refractivity contribution < 1.29 is 4.39 Å². The second-order valence-corrected chi connectivity index (χ2v) is 6.10. The molecule has 2 heteroatoms. The van der Waals surface area contributed by atoms with Crippen LogP contribution in [0.5, 0.6) is 0 Å². The van der Waals surface area contributed by atoms with Crippen molar-refractivity contribution in [2.75, 3.05) is 13.1 Å². The number of hydrogen-bond acceptors (Lipinski definition) is 1. The molecular formula is C19H26FN. The van der Waals surface area contributed by atoms with Gasteiger partial charge in [0.2, 0.25) is 0 Å². The van der Waals surface area contributed by atoms with Crippen molar-refractivity contribution in [3.63, 3.8) is 0 Å². The summed E-state index contributed by atoms with van der Waals surface area (Å²) in [4.78, 5) is 0. The van der Waals surface area contributed by atoms with Crippen LogP contribution < -0.4 is 5.32 Å². The number of halogens is 1. The molecule has 0 unspecified atom stereocenters. The Hall–Kier alpha value is -1.41. The Labute approximate surface area is 128 Å². The molecular weight excluding hydrogens is 261 g/mol. The minimum absolute atomic E-state index is 0.194. The summed E-state index contributed by atoms with van der Waals surface area (Å²) in [5, 5.41) is 3.41. The molecule has 2 rings (SSSR count). The van der Waals surface area contributed by atoms with E-state index < -0.39 is 0 Å². The Kier molecular flexibility index (Phi) is 6.19. The number of piperidine rings is 1. The van der Waals surface area contributed by atoms with Gasteiger partial charge in [0.25, 0.3) is 0 Å². The highest BCUT2D eigenvalue weighted by Gasteiger charge is 2.12. The first-order chi connectivity index (χ1) is 10.1. The number of allylic oxidation sites excluding steroid dienone is 3. The van der Waals surface area contributed by atoms with E-state index in [1.165, 1.54) is 56.5 Å². The number of hydrogen-bond donors (Lipinski definition) is 1. The molecule has 0 radical (unpaired) electrons. The highest BCUT2D eigenvalue weighted by molar-refractivity contribution is 5.64. The summed E-state index contributed by atoms with van der Waals surface area (Å²) in [6.07, 6.45) is 8.23. The minimum atomic E-state index is -0.194. The van der Waals surface area contributed by atoms with Gasteiger partial charge in [-0.15, -0.1) is 0 Å². The summed E-state index contributed by atoms with van der Waals surface area (Å²) in [5.41, 5.74) is 3.52. The first-order valence-electron chi connectivity index (χ1n) is 7.95. The van der Waals surface area contributed by atoms with Gasteiger partial charge in [0, 0.05) is 0 Å². The Morgan fingerprint density at radius 1 is 1.29 bits per heavy atom. The van der Waals surface area contributed by atoms with Crippen LogP contribution in [0.2, 0.25) is 0 Å². The molecule has 1 aliphatic rings. The summed E-state index contributed by atoms with van der Waals surface area (Å²) in [6, 6.07) is 6.59. The van der Waals surface area contributed by atoms with Crippen LogP contribution in [0.1, 0.15) is 44.6 Å². The fraction of sp³-hybridized carbons (Fsp3) is 0.474. The Morgan fingerprint density at radius 3 is 2.62 bits per heavy atom. The van der Waals surface area contributed by atoms with Crippen LogP contribution in [0.4, 0.5) is 4.39 Å². The first-order valence-corrected chi connectivity index (χ1v) is 7.95. The Bertz CT molecular complexity index is 481. The van der Waals surface area contributed by atoms with Crippen molar-refractivity contribution >= 4 is 5.57 Å². The molecule has 1 fully saturated rings. The Morgan fingerprint density at radius 2 is 1.95 bits per heavy atom. The normalized spacial score (nSPS) is 17.0. The topological polar surface area (TPSA) is 12.0 Å². The molecule has 0 aliphatic carbocycles. The predicted molar refractivity (Wildman–Crippen MR) is 88.6 cm³/mol. The summed E-state index contributed by atoms with van der Waals surface area (Å²) in [7, 11) is 0. The monoisotopic (exact) mass is 287 g/mol. The lowest BCUT2D eigenvalue weighted by molar-refractivity contribution is 0.354. The average molecular weight is 287 g/mol. The van der Waals surface area contributed by atoms with E-state index in [1.54, 1.807) is 12.1 Å². The first kappa shape index (κ1) is 16.0. The number of benzene rings is 1. The van der Waals surface area contributed by atoms with Crippen molar-refractivity contribution in [3.05, 3.63) is 53.9 Å². The summed E-state index contributed by atoms with van der Waals surface area (Å²) >= 11 is 0. The second-order valence-electron chi connectivity index (χ2n) is 6.10. The Balaban J connectivity index is 1.76. The molecule has 1 aromatic rings. The van der Waals surface area contributed by atoms with E-state index in [4.69, 9.17) is 0 Å². The molecule has 1 aliphatic heterocycles. The van der Waals surface area contributed by atoms with Crippen LogP contribution >= 0.6 is 0 Å². The van der Waals surface area contributed by atoms with Crippen molar-refractivity contribution in [3.8, 4) is 0 Å². The molecule has 1 aromatic carbocycles. The van der Waals surface area contributed by atoms with Crippen molar-refractivity contribution in [2.24, 2.45) is 5.92 Å². The van der Waals surface area contributed by atoms with Crippen LogP contribution in [0.3, 0.4) is 0 Å². The standard InChI is InChI=1S/C19H26FN/c1-15(4-6-17-11-13-21-14-12-17)3-5-16(2)18-7-9-19(20)10-8-18/h3,7-10,17,21H,2,4-6,11-14H2,1H3/b15-3+. The quantitative estimate of drug-likeness (QED) is 0.730. The van der Waals surface area contributed by atoms with E-state index in [0.29, 0.717) is 0 Å². The van der Waals surface area contributed by atoms with Crippen LogP contribution in [0, 0.1) is 11.7 Å². The van der Waals surface area contributed by atoms with E-state index >= 15 is 0 Å². The van der Waals surface area contributed by atoms with E-state index in [2.05, 4.69) is 24.9 Å². The van der Waals surface area contributed by atoms with Crippen LogP contribution in [-0.4, -0.2) is 13.1 Å². The van der Waals surface area contributed by atoms with Gasteiger partial charge in [0.05, 0.1) is 0 Å². The molecule has 1 saturated heterocycles. The third-order valence-corrected chi connectivity index (χ3v) is 4.36. The third-order valence-electron chi connectivity index (χ3n) is 4.36. The molecule has 1 nitrogen and oxygen atoms in total. The fourth-order valence-corrected chi connectivity index (χ4v) is 2.81. The van der Waals surface area contributed by atoms with Gasteiger partial charge in [0.15, 0.2) is 0 Å². The summed E-state index contributed by atoms with van der Waals surface area (Å²) in [5.74, 6) is 0.690. The lowest BCUT2D eigenvalue weighted by atomic mass is 9.91. The lowest BCUT2D eigenvalue weighted by Gasteiger charge is -2.22. The van der Waals surface area contributed by atoms with Gasteiger partial charge in [0.1, 0.15) is 5.82 Å². The summed E-state index contributed by atoms with van der Waals surface area (Å²) in [6.45, 7) is 8.66. The van der Waals surface area contributed by atoms with Gasteiger partial charge in [-0.25, -0.2) is 4.39 Å².